The van der Waals surface area contributed by atoms with E-state index in [-0.39, 0.29) is 6.04 Å². The first kappa shape index (κ1) is 19.9. The van der Waals surface area contributed by atoms with E-state index in [1.807, 2.05) is 38.1 Å². The van der Waals surface area contributed by atoms with E-state index in [4.69, 9.17) is 11.0 Å². The summed E-state index contributed by atoms with van der Waals surface area (Å²) in [6.45, 7) is 8.69. The maximum atomic E-state index is 8.85. The molecule has 0 radical (unpaired) electrons. The van der Waals surface area contributed by atoms with Crippen molar-refractivity contribution in [3.63, 3.8) is 0 Å². The minimum Gasteiger partial charge on any atom is -0.321 e. The highest BCUT2D eigenvalue weighted by molar-refractivity contribution is 5.40. The Bertz CT molecular complexity index is 783. The van der Waals surface area contributed by atoms with E-state index in [0.717, 1.165) is 17.9 Å². The van der Waals surface area contributed by atoms with Gasteiger partial charge in [0.2, 0.25) is 0 Å². The van der Waals surface area contributed by atoms with Crippen LogP contribution in [-0.4, -0.2) is 0 Å². The number of hydrogen-bond donors (Lipinski definition) is 1. The summed E-state index contributed by atoms with van der Waals surface area (Å²) in [5, 5.41) is 8.85. The van der Waals surface area contributed by atoms with Crippen LogP contribution in [0, 0.1) is 17.2 Å². The number of hydrogen-bond acceptors (Lipinski definition) is 2. The molecule has 2 N–H and O–H groups in total. The molecule has 1 aliphatic rings. The second-order valence-electron chi connectivity index (χ2n) is 7.07. The van der Waals surface area contributed by atoms with Gasteiger partial charge in [-0.25, -0.2) is 0 Å². The Hall–Kier alpha value is -2.37. The lowest BCUT2D eigenvalue weighted by Crippen LogP contribution is -2.08. The number of rotatable bonds is 5. The molecule has 0 aromatic heterocycles. The van der Waals surface area contributed by atoms with Gasteiger partial charge in [-0.1, -0.05) is 76.2 Å². The largest absolute Gasteiger partial charge is 0.321 e. The Kier molecular flexibility index (Phi) is 6.77. The Balaban J connectivity index is 0.00000117. The lowest BCUT2D eigenvalue weighted by Gasteiger charge is -2.15. The maximum absolute atomic E-state index is 8.85. The Morgan fingerprint density at radius 2 is 1.81 bits per heavy atom. The molecule has 0 heterocycles. The van der Waals surface area contributed by atoms with Gasteiger partial charge in [-0.15, -0.1) is 0 Å². The van der Waals surface area contributed by atoms with E-state index in [2.05, 4.69) is 56.3 Å². The van der Waals surface area contributed by atoms with Crippen molar-refractivity contribution in [1.29, 1.82) is 5.26 Å². The molecule has 1 aliphatic carbocycles. The highest BCUT2D eigenvalue weighted by atomic mass is 14.6. The van der Waals surface area contributed by atoms with Crippen molar-refractivity contribution >= 4 is 0 Å². The molecule has 0 amide bonds. The van der Waals surface area contributed by atoms with Crippen molar-refractivity contribution in [3.05, 3.63) is 82.9 Å². The summed E-state index contributed by atoms with van der Waals surface area (Å²) in [7, 11) is 0. The Morgan fingerprint density at radius 1 is 1.19 bits per heavy atom. The van der Waals surface area contributed by atoms with Gasteiger partial charge in [0.05, 0.1) is 11.6 Å². The summed E-state index contributed by atoms with van der Waals surface area (Å²) in [6, 6.07) is 18.2. The molecule has 1 saturated carbocycles. The fourth-order valence-electron chi connectivity index (χ4n) is 3.44. The van der Waals surface area contributed by atoms with Crippen molar-refractivity contribution in [2.75, 3.05) is 0 Å². The SMILES string of the molecule is CC.CC1CC1(C)c1ccccc1C/C=C\C(N)c1ccc(C#N)cc1. The van der Waals surface area contributed by atoms with Gasteiger partial charge in [-0.3, -0.25) is 0 Å². The number of benzene rings is 2. The first-order chi connectivity index (χ1) is 12.5. The molecule has 0 spiro atoms. The summed E-state index contributed by atoms with van der Waals surface area (Å²) in [5.41, 5.74) is 11.2. The molecule has 3 rings (SSSR count). The molecule has 1 fully saturated rings. The van der Waals surface area contributed by atoms with Crippen LogP contribution in [-0.2, 0) is 11.8 Å². The standard InChI is InChI=1S/C22H24N2.C2H6/c1-16-14-22(16,2)20-8-4-3-6-18(20)7-5-9-21(24)19-12-10-17(15-23)11-13-19;1-2/h3-6,8-13,16,21H,7,14,24H2,1-2H3;1-2H3/b9-5-;. The molecular weight excluding hydrogens is 316 g/mol. The predicted molar refractivity (Wildman–Crippen MR) is 110 cm³/mol. The van der Waals surface area contributed by atoms with Crippen LogP contribution in [0.2, 0.25) is 0 Å². The number of nitrogens with two attached hydrogens (primary N) is 1. The highest BCUT2D eigenvalue weighted by Crippen LogP contribution is 2.54. The van der Waals surface area contributed by atoms with E-state index in [9.17, 15) is 0 Å². The topological polar surface area (TPSA) is 49.8 Å². The van der Waals surface area contributed by atoms with Crippen LogP contribution in [0.5, 0.6) is 0 Å². The number of allylic oxidation sites excluding steroid dienone is 1. The van der Waals surface area contributed by atoms with Crippen molar-refractivity contribution in [3.8, 4) is 6.07 Å². The summed E-state index contributed by atoms with van der Waals surface area (Å²) < 4.78 is 0. The van der Waals surface area contributed by atoms with Crippen LogP contribution in [0.15, 0.2) is 60.7 Å². The van der Waals surface area contributed by atoms with E-state index in [1.165, 1.54) is 17.5 Å². The van der Waals surface area contributed by atoms with Crippen LogP contribution < -0.4 is 5.73 Å². The molecular formula is C24H30N2. The zero-order chi connectivity index (χ0) is 19.2. The van der Waals surface area contributed by atoms with Crippen LogP contribution in [0.4, 0.5) is 0 Å². The van der Waals surface area contributed by atoms with E-state index in [1.54, 1.807) is 0 Å². The van der Waals surface area contributed by atoms with Crippen molar-refractivity contribution in [1.82, 2.24) is 0 Å². The van der Waals surface area contributed by atoms with Crippen molar-refractivity contribution in [2.45, 2.75) is 52.0 Å². The second kappa shape index (κ2) is 8.83. The van der Waals surface area contributed by atoms with Crippen LogP contribution >= 0.6 is 0 Å². The molecule has 2 heteroatoms. The van der Waals surface area contributed by atoms with E-state index < -0.39 is 0 Å². The van der Waals surface area contributed by atoms with Crippen LogP contribution in [0.25, 0.3) is 0 Å². The third-order valence-electron chi connectivity index (χ3n) is 5.40. The fraction of sp³-hybridized carbons (Fsp3) is 0.375. The molecule has 0 bridgehead atoms. The average Bonchev–Trinajstić information content (AvgIpc) is 3.31. The highest BCUT2D eigenvalue weighted by Gasteiger charge is 2.48. The predicted octanol–water partition coefficient (Wildman–Crippen LogP) is 5.68. The van der Waals surface area contributed by atoms with Gasteiger partial charge in [0.1, 0.15) is 0 Å². The van der Waals surface area contributed by atoms with Gasteiger partial charge in [0.15, 0.2) is 0 Å². The molecule has 2 aromatic carbocycles. The van der Waals surface area contributed by atoms with Crippen molar-refractivity contribution < 1.29 is 0 Å². The van der Waals surface area contributed by atoms with Gasteiger partial charge < -0.3 is 5.73 Å². The van der Waals surface area contributed by atoms with Gasteiger partial charge >= 0.3 is 0 Å². The van der Waals surface area contributed by atoms with Gasteiger partial charge in [0.25, 0.3) is 0 Å². The molecule has 3 unspecified atom stereocenters. The summed E-state index contributed by atoms with van der Waals surface area (Å²) in [5.74, 6) is 0.767. The molecule has 0 aliphatic heterocycles. The average molecular weight is 347 g/mol. The monoisotopic (exact) mass is 346 g/mol. The third kappa shape index (κ3) is 4.42. The molecule has 136 valence electrons. The smallest absolute Gasteiger partial charge is 0.0991 e. The van der Waals surface area contributed by atoms with Crippen molar-refractivity contribution in [2.24, 2.45) is 11.7 Å². The fourth-order valence-corrected chi connectivity index (χ4v) is 3.44. The van der Waals surface area contributed by atoms with Gasteiger partial charge in [-0.2, -0.15) is 5.26 Å². The maximum Gasteiger partial charge on any atom is 0.0991 e. The molecule has 2 aromatic rings. The quantitative estimate of drug-likeness (QED) is 0.708. The van der Waals surface area contributed by atoms with Gasteiger partial charge in [-0.05, 0) is 53.0 Å². The molecule has 26 heavy (non-hydrogen) atoms. The Morgan fingerprint density at radius 3 is 2.38 bits per heavy atom. The van der Waals surface area contributed by atoms with Crippen LogP contribution in [0.3, 0.4) is 0 Å². The first-order valence-corrected chi connectivity index (χ1v) is 9.55. The lowest BCUT2D eigenvalue weighted by molar-refractivity contribution is 0.694. The van der Waals surface area contributed by atoms with E-state index in [0.29, 0.717) is 11.0 Å². The lowest BCUT2D eigenvalue weighted by atomic mass is 9.89. The number of nitrogens with zero attached hydrogens (tertiary/aromatic N) is 1. The number of nitriles is 1. The minimum absolute atomic E-state index is 0.139. The van der Waals surface area contributed by atoms with E-state index >= 15 is 0 Å². The minimum atomic E-state index is -0.139. The summed E-state index contributed by atoms with van der Waals surface area (Å²) in [6.07, 6.45) is 6.40. The normalized spacial score (nSPS) is 22.2. The molecule has 2 nitrogen and oxygen atoms in total. The van der Waals surface area contributed by atoms with Crippen LogP contribution in [0.1, 0.15) is 62.4 Å². The third-order valence-corrected chi connectivity index (χ3v) is 5.40. The summed E-state index contributed by atoms with van der Waals surface area (Å²) >= 11 is 0. The second-order valence-corrected chi connectivity index (χ2v) is 7.07. The zero-order valence-electron chi connectivity index (χ0n) is 16.4. The Labute approximate surface area is 158 Å². The summed E-state index contributed by atoms with van der Waals surface area (Å²) in [4.78, 5) is 0. The molecule has 0 saturated heterocycles. The van der Waals surface area contributed by atoms with Gasteiger partial charge in [0, 0.05) is 6.04 Å². The zero-order valence-corrected chi connectivity index (χ0v) is 16.4. The first-order valence-electron chi connectivity index (χ1n) is 9.55. The molecule has 3 atom stereocenters.